The van der Waals surface area contributed by atoms with Crippen LogP contribution in [-0.2, 0) is 9.47 Å². The third-order valence-corrected chi connectivity index (χ3v) is 3.28. The summed E-state index contributed by atoms with van der Waals surface area (Å²) in [6, 6.07) is 7.63. The molecular weight excluding hydrogens is 242 g/mol. The van der Waals surface area contributed by atoms with Crippen LogP contribution in [0.3, 0.4) is 0 Å². The molecule has 0 spiro atoms. The summed E-state index contributed by atoms with van der Waals surface area (Å²) in [5, 5.41) is 3.05. The Balaban J connectivity index is 2.00. The molecule has 1 N–H and O–H groups in total. The number of hydrogen-bond acceptors (Lipinski definition) is 3. The van der Waals surface area contributed by atoms with E-state index in [1.807, 2.05) is 38.1 Å². The smallest absolute Gasteiger partial charge is 0.251 e. The normalized spacial score (nSPS) is 23.1. The highest BCUT2D eigenvalue weighted by atomic mass is 16.5. The van der Waals surface area contributed by atoms with E-state index in [-0.39, 0.29) is 18.1 Å². The van der Waals surface area contributed by atoms with E-state index in [0.717, 1.165) is 12.0 Å². The fraction of sp³-hybridized carbons (Fsp3) is 0.533. The zero-order chi connectivity index (χ0) is 13.7. The SMILES string of the molecule is CCO[C@@H]1COCC[C@H]1NC(=O)c1cccc(C)c1. The van der Waals surface area contributed by atoms with Crippen LogP contribution in [0.2, 0.25) is 0 Å². The molecule has 0 aromatic heterocycles. The third-order valence-electron chi connectivity index (χ3n) is 3.28. The first-order chi connectivity index (χ1) is 9.20. The minimum Gasteiger partial charge on any atom is -0.379 e. The minimum absolute atomic E-state index is 0.0294. The monoisotopic (exact) mass is 263 g/mol. The molecule has 1 aliphatic rings. The summed E-state index contributed by atoms with van der Waals surface area (Å²) < 4.78 is 11.0. The largest absolute Gasteiger partial charge is 0.379 e. The van der Waals surface area contributed by atoms with Crippen molar-refractivity contribution < 1.29 is 14.3 Å². The van der Waals surface area contributed by atoms with E-state index in [2.05, 4.69) is 5.32 Å². The molecule has 1 fully saturated rings. The standard InChI is InChI=1S/C15H21NO3/c1-3-19-14-10-18-8-7-13(14)16-15(17)12-6-4-5-11(2)9-12/h4-6,9,13-14H,3,7-8,10H2,1-2H3,(H,16,17)/t13-,14-/m1/s1. The fourth-order valence-corrected chi connectivity index (χ4v) is 2.29. The van der Waals surface area contributed by atoms with Crippen LogP contribution in [0, 0.1) is 6.92 Å². The van der Waals surface area contributed by atoms with Gasteiger partial charge in [-0.25, -0.2) is 0 Å². The van der Waals surface area contributed by atoms with Crippen molar-refractivity contribution in [1.29, 1.82) is 0 Å². The Kier molecular flexibility index (Phi) is 4.93. The zero-order valence-corrected chi connectivity index (χ0v) is 11.5. The summed E-state index contributed by atoms with van der Waals surface area (Å²) in [5.41, 5.74) is 1.78. The van der Waals surface area contributed by atoms with Crippen molar-refractivity contribution >= 4 is 5.91 Å². The molecule has 4 heteroatoms. The van der Waals surface area contributed by atoms with Gasteiger partial charge in [-0.2, -0.15) is 0 Å². The lowest BCUT2D eigenvalue weighted by Gasteiger charge is -2.31. The molecule has 1 aliphatic heterocycles. The maximum Gasteiger partial charge on any atom is 0.251 e. The van der Waals surface area contributed by atoms with E-state index in [4.69, 9.17) is 9.47 Å². The Morgan fingerprint density at radius 2 is 2.37 bits per heavy atom. The highest BCUT2D eigenvalue weighted by Gasteiger charge is 2.27. The van der Waals surface area contributed by atoms with Gasteiger partial charge in [0.2, 0.25) is 0 Å². The Bertz CT molecular complexity index is 431. The van der Waals surface area contributed by atoms with Gasteiger partial charge in [0.25, 0.3) is 5.91 Å². The molecule has 2 rings (SSSR count). The van der Waals surface area contributed by atoms with Gasteiger partial charge in [-0.3, -0.25) is 4.79 Å². The van der Waals surface area contributed by atoms with Crippen LogP contribution in [0.15, 0.2) is 24.3 Å². The first-order valence-electron chi connectivity index (χ1n) is 6.77. The Hall–Kier alpha value is -1.39. The number of ether oxygens (including phenoxy) is 2. The number of nitrogens with one attached hydrogen (secondary N) is 1. The van der Waals surface area contributed by atoms with E-state index >= 15 is 0 Å². The molecule has 0 unspecified atom stereocenters. The second-order valence-electron chi connectivity index (χ2n) is 4.81. The van der Waals surface area contributed by atoms with Crippen molar-refractivity contribution in [2.45, 2.75) is 32.4 Å². The molecule has 1 amide bonds. The third kappa shape index (κ3) is 3.78. The summed E-state index contributed by atoms with van der Waals surface area (Å²) in [6.45, 7) is 5.78. The molecule has 0 radical (unpaired) electrons. The van der Waals surface area contributed by atoms with E-state index in [1.165, 1.54) is 0 Å². The number of hydrogen-bond donors (Lipinski definition) is 1. The Morgan fingerprint density at radius 3 is 3.11 bits per heavy atom. The van der Waals surface area contributed by atoms with Crippen molar-refractivity contribution in [2.24, 2.45) is 0 Å². The molecular formula is C15H21NO3. The van der Waals surface area contributed by atoms with Gasteiger partial charge in [0.15, 0.2) is 0 Å². The molecule has 0 bridgehead atoms. The summed E-state index contributed by atoms with van der Waals surface area (Å²) in [4.78, 5) is 12.2. The van der Waals surface area contributed by atoms with Gasteiger partial charge in [-0.15, -0.1) is 0 Å². The lowest BCUT2D eigenvalue weighted by atomic mass is 10.0. The van der Waals surface area contributed by atoms with E-state index in [1.54, 1.807) is 0 Å². The molecule has 1 aromatic carbocycles. The van der Waals surface area contributed by atoms with Gasteiger partial charge < -0.3 is 14.8 Å². The molecule has 4 nitrogen and oxygen atoms in total. The predicted octanol–water partition coefficient (Wildman–Crippen LogP) is 1.92. The second kappa shape index (κ2) is 6.68. The molecule has 104 valence electrons. The van der Waals surface area contributed by atoms with Crippen LogP contribution in [0.1, 0.15) is 29.3 Å². The number of carbonyl (C=O) groups excluding carboxylic acids is 1. The Labute approximate surface area is 114 Å². The van der Waals surface area contributed by atoms with Crippen molar-refractivity contribution in [2.75, 3.05) is 19.8 Å². The minimum atomic E-state index is -0.0486. The van der Waals surface area contributed by atoms with Crippen LogP contribution < -0.4 is 5.32 Å². The predicted molar refractivity (Wildman–Crippen MR) is 73.3 cm³/mol. The summed E-state index contributed by atoms with van der Waals surface area (Å²) in [7, 11) is 0. The molecule has 1 heterocycles. The number of amides is 1. The Morgan fingerprint density at radius 1 is 1.53 bits per heavy atom. The van der Waals surface area contributed by atoms with Crippen LogP contribution in [0.25, 0.3) is 0 Å². The van der Waals surface area contributed by atoms with Crippen LogP contribution >= 0.6 is 0 Å². The lowest BCUT2D eigenvalue weighted by molar-refractivity contribution is -0.0632. The molecule has 0 saturated carbocycles. The summed E-state index contributed by atoms with van der Waals surface area (Å²) in [6.07, 6.45) is 0.745. The van der Waals surface area contributed by atoms with Crippen LogP contribution in [-0.4, -0.2) is 37.9 Å². The van der Waals surface area contributed by atoms with Gasteiger partial charge in [0.05, 0.1) is 12.6 Å². The summed E-state index contributed by atoms with van der Waals surface area (Å²) >= 11 is 0. The average molecular weight is 263 g/mol. The number of aryl methyl sites for hydroxylation is 1. The quantitative estimate of drug-likeness (QED) is 0.902. The van der Waals surface area contributed by atoms with E-state index < -0.39 is 0 Å². The maximum atomic E-state index is 12.2. The van der Waals surface area contributed by atoms with Crippen molar-refractivity contribution in [3.8, 4) is 0 Å². The van der Waals surface area contributed by atoms with Crippen molar-refractivity contribution in [3.05, 3.63) is 35.4 Å². The molecule has 2 atom stereocenters. The number of benzene rings is 1. The molecule has 1 saturated heterocycles. The second-order valence-corrected chi connectivity index (χ2v) is 4.81. The average Bonchev–Trinajstić information content (AvgIpc) is 2.41. The number of rotatable bonds is 4. The number of carbonyl (C=O) groups is 1. The maximum absolute atomic E-state index is 12.2. The van der Waals surface area contributed by atoms with Crippen LogP contribution in [0.4, 0.5) is 0 Å². The van der Waals surface area contributed by atoms with Crippen molar-refractivity contribution in [1.82, 2.24) is 5.32 Å². The van der Waals surface area contributed by atoms with Gasteiger partial charge in [0.1, 0.15) is 6.10 Å². The highest BCUT2D eigenvalue weighted by molar-refractivity contribution is 5.94. The van der Waals surface area contributed by atoms with Gasteiger partial charge in [0, 0.05) is 18.8 Å². The first-order valence-corrected chi connectivity index (χ1v) is 6.77. The molecule has 1 aromatic rings. The van der Waals surface area contributed by atoms with E-state index in [0.29, 0.717) is 25.4 Å². The van der Waals surface area contributed by atoms with Gasteiger partial charge in [-0.1, -0.05) is 17.7 Å². The zero-order valence-electron chi connectivity index (χ0n) is 11.5. The van der Waals surface area contributed by atoms with Gasteiger partial charge in [-0.05, 0) is 32.4 Å². The highest BCUT2D eigenvalue weighted by Crippen LogP contribution is 2.13. The lowest BCUT2D eigenvalue weighted by Crippen LogP contribution is -2.50. The van der Waals surface area contributed by atoms with Crippen LogP contribution in [0.5, 0.6) is 0 Å². The molecule has 0 aliphatic carbocycles. The van der Waals surface area contributed by atoms with Gasteiger partial charge >= 0.3 is 0 Å². The summed E-state index contributed by atoms with van der Waals surface area (Å²) in [5.74, 6) is -0.0414. The van der Waals surface area contributed by atoms with Crippen molar-refractivity contribution in [3.63, 3.8) is 0 Å². The fourth-order valence-electron chi connectivity index (χ4n) is 2.29. The molecule has 19 heavy (non-hydrogen) atoms. The topological polar surface area (TPSA) is 47.6 Å². The first kappa shape index (κ1) is 14.0. The van der Waals surface area contributed by atoms with E-state index in [9.17, 15) is 4.79 Å².